The Morgan fingerprint density at radius 1 is 1.28 bits per heavy atom. The lowest BCUT2D eigenvalue weighted by Crippen LogP contribution is -2.57. The van der Waals surface area contributed by atoms with Gasteiger partial charge in [0, 0.05) is 12.6 Å². The second kappa shape index (κ2) is 14.3. The van der Waals surface area contributed by atoms with Crippen molar-refractivity contribution >= 4 is 35.7 Å². The van der Waals surface area contributed by atoms with E-state index in [-0.39, 0.29) is 17.9 Å². The van der Waals surface area contributed by atoms with Crippen LogP contribution in [0.2, 0.25) is 0 Å². The van der Waals surface area contributed by atoms with Crippen LogP contribution in [0.1, 0.15) is 83.4 Å². The molecule has 2 N–H and O–H groups in total. The first-order valence-electron chi connectivity index (χ1n) is 12.9. The lowest BCUT2D eigenvalue weighted by atomic mass is 9.87. The van der Waals surface area contributed by atoms with Crippen LogP contribution in [-0.2, 0) is 14.3 Å². The average molecular weight is 518 g/mol. The van der Waals surface area contributed by atoms with Crippen LogP contribution in [0, 0.1) is 0 Å². The molecule has 36 heavy (non-hydrogen) atoms. The van der Waals surface area contributed by atoms with Gasteiger partial charge in [-0.2, -0.15) is 11.8 Å². The highest BCUT2D eigenvalue weighted by molar-refractivity contribution is 7.98. The number of thioether (sulfide) groups is 1. The van der Waals surface area contributed by atoms with Gasteiger partial charge in [0.1, 0.15) is 17.7 Å². The molecule has 1 fully saturated rings. The van der Waals surface area contributed by atoms with Gasteiger partial charge in [-0.25, -0.2) is 4.79 Å². The maximum atomic E-state index is 14.1. The Hall–Kier alpha value is -2.48. The highest BCUT2D eigenvalue weighted by atomic mass is 32.2. The number of unbranched alkanes of at least 4 members (excludes halogenated alkanes) is 1. The molecule has 200 valence electrons. The van der Waals surface area contributed by atoms with E-state index in [1.54, 1.807) is 43.5 Å². The summed E-state index contributed by atoms with van der Waals surface area (Å²) >= 11 is 1.60. The quantitative estimate of drug-likeness (QED) is 0.346. The summed E-state index contributed by atoms with van der Waals surface area (Å²) in [7, 11) is 0. The van der Waals surface area contributed by atoms with Crippen molar-refractivity contribution in [3.8, 4) is 0 Å². The maximum absolute atomic E-state index is 14.1. The number of alkyl carbamates (subject to hydrolysis) is 1. The minimum absolute atomic E-state index is 0.0657. The molecule has 2 rings (SSSR count). The van der Waals surface area contributed by atoms with Gasteiger partial charge in [0.15, 0.2) is 0 Å². The minimum Gasteiger partial charge on any atom is -0.444 e. The SMILES string of the molecule is C=Cc1cccc(C(C(=O)NCCCC)N(C(=O)C(CCSC)NC(=O)OC(C)(C)C)C2CCC2)c1. The second-order valence-electron chi connectivity index (χ2n) is 10.2. The highest BCUT2D eigenvalue weighted by Crippen LogP contribution is 2.34. The first-order valence-corrected chi connectivity index (χ1v) is 14.3. The van der Waals surface area contributed by atoms with Crippen LogP contribution in [0.3, 0.4) is 0 Å². The highest BCUT2D eigenvalue weighted by Gasteiger charge is 2.41. The Balaban J connectivity index is 2.46. The Morgan fingerprint density at radius 3 is 2.56 bits per heavy atom. The van der Waals surface area contributed by atoms with Crippen molar-refractivity contribution in [2.45, 2.75) is 89.9 Å². The molecule has 0 heterocycles. The van der Waals surface area contributed by atoms with Gasteiger partial charge in [0.05, 0.1) is 0 Å². The maximum Gasteiger partial charge on any atom is 0.408 e. The lowest BCUT2D eigenvalue weighted by molar-refractivity contribution is -0.147. The number of nitrogens with zero attached hydrogens (tertiary/aromatic N) is 1. The van der Waals surface area contributed by atoms with Crippen molar-refractivity contribution in [1.82, 2.24) is 15.5 Å². The van der Waals surface area contributed by atoms with Gasteiger partial charge in [0.25, 0.3) is 0 Å². The van der Waals surface area contributed by atoms with E-state index >= 15 is 0 Å². The van der Waals surface area contributed by atoms with Crippen molar-refractivity contribution in [2.75, 3.05) is 18.6 Å². The molecule has 1 aliphatic carbocycles. The van der Waals surface area contributed by atoms with Gasteiger partial charge in [-0.05, 0) is 82.1 Å². The van der Waals surface area contributed by atoms with Gasteiger partial charge in [-0.15, -0.1) is 0 Å². The predicted octanol–water partition coefficient (Wildman–Crippen LogP) is 5.31. The summed E-state index contributed by atoms with van der Waals surface area (Å²) in [5.41, 5.74) is 0.936. The molecule has 0 saturated heterocycles. The third-order valence-electron chi connectivity index (χ3n) is 6.14. The molecule has 2 unspecified atom stereocenters. The summed E-state index contributed by atoms with van der Waals surface area (Å²) in [4.78, 5) is 42.1. The van der Waals surface area contributed by atoms with E-state index < -0.39 is 23.8 Å². The molecule has 0 bridgehead atoms. The van der Waals surface area contributed by atoms with Crippen molar-refractivity contribution in [2.24, 2.45) is 0 Å². The van der Waals surface area contributed by atoms with Crippen molar-refractivity contribution < 1.29 is 19.1 Å². The van der Waals surface area contributed by atoms with Crippen LogP contribution in [0.15, 0.2) is 30.8 Å². The van der Waals surface area contributed by atoms with E-state index in [2.05, 4.69) is 24.1 Å². The summed E-state index contributed by atoms with van der Waals surface area (Å²) in [5, 5.41) is 5.84. The number of hydrogen-bond acceptors (Lipinski definition) is 5. The Kier molecular flexibility index (Phi) is 11.8. The van der Waals surface area contributed by atoms with E-state index in [0.29, 0.717) is 18.7 Å². The third kappa shape index (κ3) is 8.87. The number of hydrogen-bond donors (Lipinski definition) is 2. The fraction of sp³-hybridized carbons (Fsp3) is 0.607. The molecule has 1 aromatic rings. The lowest BCUT2D eigenvalue weighted by Gasteiger charge is -2.43. The summed E-state index contributed by atoms with van der Waals surface area (Å²) in [6, 6.07) is 5.94. The molecule has 2 atom stereocenters. The molecule has 8 heteroatoms. The van der Waals surface area contributed by atoms with Gasteiger partial charge < -0.3 is 20.3 Å². The van der Waals surface area contributed by atoms with Crippen molar-refractivity contribution in [3.05, 3.63) is 42.0 Å². The number of ether oxygens (including phenoxy) is 1. The normalized spacial score (nSPS) is 15.2. The Labute approximate surface area is 220 Å². The molecule has 0 radical (unpaired) electrons. The fourth-order valence-electron chi connectivity index (χ4n) is 4.09. The van der Waals surface area contributed by atoms with E-state index in [4.69, 9.17) is 4.74 Å². The van der Waals surface area contributed by atoms with Gasteiger partial charge in [-0.3, -0.25) is 9.59 Å². The number of carbonyl (C=O) groups excluding carboxylic acids is 3. The van der Waals surface area contributed by atoms with E-state index in [9.17, 15) is 14.4 Å². The monoisotopic (exact) mass is 517 g/mol. The first kappa shape index (κ1) is 29.7. The Morgan fingerprint density at radius 2 is 2.00 bits per heavy atom. The molecule has 0 spiro atoms. The number of rotatable bonds is 13. The van der Waals surface area contributed by atoms with Crippen LogP contribution in [0.4, 0.5) is 4.79 Å². The predicted molar refractivity (Wildman–Crippen MR) is 148 cm³/mol. The van der Waals surface area contributed by atoms with Gasteiger partial charge in [-0.1, -0.05) is 44.2 Å². The van der Waals surface area contributed by atoms with Crippen LogP contribution in [0.25, 0.3) is 6.08 Å². The zero-order chi connectivity index (χ0) is 26.7. The smallest absolute Gasteiger partial charge is 0.408 e. The minimum atomic E-state index is -0.795. The summed E-state index contributed by atoms with van der Waals surface area (Å²) < 4.78 is 5.45. The van der Waals surface area contributed by atoms with E-state index in [1.165, 1.54) is 0 Å². The second-order valence-corrected chi connectivity index (χ2v) is 11.2. The summed E-state index contributed by atoms with van der Waals surface area (Å²) in [6.45, 7) is 11.8. The first-order chi connectivity index (χ1) is 17.1. The van der Waals surface area contributed by atoms with Crippen LogP contribution in [0.5, 0.6) is 0 Å². The van der Waals surface area contributed by atoms with Crippen LogP contribution in [-0.4, -0.2) is 59.0 Å². The van der Waals surface area contributed by atoms with Crippen molar-refractivity contribution in [3.63, 3.8) is 0 Å². The van der Waals surface area contributed by atoms with Crippen molar-refractivity contribution in [1.29, 1.82) is 0 Å². The number of benzene rings is 1. The zero-order valence-electron chi connectivity index (χ0n) is 22.5. The van der Waals surface area contributed by atoms with E-state index in [0.717, 1.165) is 43.2 Å². The topological polar surface area (TPSA) is 87.7 Å². The molecule has 7 nitrogen and oxygen atoms in total. The Bertz CT molecular complexity index is 895. The fourth-order valence-corrected chi connectivity index (χ4v) is 4.56. The zero-order valence-corrected chi connectivity index (χ0v) is 23.3. The molecule has 0 aliphatic heterocycles. The van der Waals surface area contributed by atoms with Crippen LogP contribution >= 0.6 is 11.8 Å². The molecule has 1 aromatic carbocycles. The number of amides is 3. The third-order valence-corrected chi connectivity index (χ3v) is 6.78. The largest absolute Gasteiger partial charge is 0.444 e. The average Bonchev–Trinajstić information content (AvgIpc) is 2.78. The molecule has 0 aromatic heterocycles. The standard InChI is InChI=1S/C28H43N3O4S/c1-7-9-17-29-25(32)24(21-13-10-12-20(8-2)19-21)31(22-14-11-15-22)26(33)23(16-18-36-6)30-27(34)35-28(3,4)5/h8,10,12-13,19,22-24H,2,7,9,11,14-18H2,1,3-6H3,(H,29,32)(H,30,34). The molecule has 3 amide bonds. The van der Waals surface area contributed by atoms with E-state index in [1.807, 2.05) is 30.5 Å². The number of nitrogens with one attached hydrogen (secondary N) is 2. The summed E-state index contributed by atoms with van der Waals surface area (Å²) in [5.74, 6) is 0.231. The summed E-state index contributed by atoms with van der Waals surface area (Å²) in [6.07, 6.45) is 7.98. The molecule has 1 saturated carbocycles. The molecular weight excluding hydrogens is 474 g/mol. The van der Waals surface area contributed by atoms with Gasteiger partial charge >= 0.3 is 6.09 Å². The van der Waals surface area contributed by atoms with Crippen LogP contribution < -0.4 is 10.6 Å². The number of carbonyl (C=O) groups is 3. The molecular formula is C28H43N3O4S. The molecule has 1 aliphatic rings. The van der Waals surface area contributed by atoms with Gasteiger partial charge in [0.2, 0.25) is 11.8 Å².